The normalized spacial score (nSPS) is 14.6. The number of thiazole rings is 1. The minimum Gasteiger partial charge on any atom is -0.347 e. The van der Waals surface area contributed by atoms with Gasteiger partial charge in [-0.25, -0.2) is 4.98 Å². The summed E-state index contributed by atoms with van der Waals surface area (Å²) in [6.45, 7) is 3.96. The maximum atomic E-state index is 12.3. The summed E-state index contributed by atoms with van der Waals surface area (Å²) in [6, 6.07) is 10.6. The molecule has 1 amide bonds. The summed E-state index contributed by atoms with van der Waals surface area (Å²) in [5.74, 6) is -0.121. The van der Waals surface area contributed by atoms with E-state index in [-0.39, 0.29) is 5.91 Å². The number of hydrogen-bond donors (Lipinski definition) is 1. The molecule has 1 N–H and O–H groups in total. The number of thiophene rings is 1. The van der Waals surface area contributed by atoms with Gasteiger partial charge in [0.25, 0.3) is 5.91 Å². The van der Waals surface area contributed by atoms with Gasteiger partial charge < -0.3 is 5.32 Å². The summed E-state index contributed by atoms with van der Waals surface area (Å²) in [5, 5.41) is 9.74. The maximum Gasteiger partial charge on any atom is 0.271 e. The lowest BCUT2D eigenvalue weighted by atomic mass is 10.1. The molecule has 3 aromatic rings. The molecule has 0 bridgehead atoms. The highest BCUT2D eigenvalue weighted by atomic mass is 32.1. The van der Waals surface area contributed by atoms with Crippen molar-refractivity contribution in [2.75, 3.05) is 13.1 Å². The standard InChI is InChI=1S/C20H21N3OS2/c24-19(18-14-26-20(22-18)17-7-10-25-13-17)21-11-15-3-5-16(6-4-15)12-23-8-1-2-9-23/h3-7,10,13-14H,1-2,8-9,11-12H2,(H,21,24). The summed E-state index contributed by atoms with van der Waals surface area (Å²) in [4.78, 5) is 19.3. The van der Waals surface area contributed by atoms with Crippen molar-refractivity contribution in [1.29, 1.82) is 0 Å². The Kier molecular flexibility index (Phi) is 5.43. The van der Waals surface area contributed by atoms with E-state index >= 15 is 0 Å². The van der Waals surface area contributed by atoms with Crippen LogP contribution in [0.15, 0.2) is 46.5 Å². The van der Waals surface area contributed by atoms with Crippen molar-refractivity contribution in [2.45, 2.75) is 25.9 Å². The molecule has 2 aromatic heterocycles. The average molecular weight is 384 g/mol. The number of rotatable bonds is 6. The van der Waals surface area contributed by atoms with Gasteiger partial charge in [-0.05, 0) is 48.5 Å². The first kappa shape index (κ1) is 17.4. The quantitative estimate of drug-likeness (QED) is 0.686. The first-order chi connectivity index (χ1) is 12.8. The summed E-state index contributed by atoms with van der Waals surface area (Å²) >= 11 is 3.14. The Hall–Kier alpha value is -2.02. The molecule has 26 heavy (non-hydrogen) atoms. The van der Waals surface area contributed by atoms with Crippen LogP contribution in [0.3, 0.4) is 0 Å². The molecule has 4 nitrogen and oxygen atoms in total. The van der Waals surface area contributed by atoms with Gasteiger partial charge in [0.15, 0.2) is 0 Å². The van der Waals surface area contributed by atoms with Crippen molar-refractivity contribution in [3.63, 3.8) is 0 Å². The third kappa shape index (κ3) is 4.20. The van der Waals surface area contributed by atoms with E-state index in [9.17, 15) is 4.79 Å². The van der Waals surface area contributed by atoms with Crippen molar-refractivity contribution >= 4 is 28.6 Å². The highest BCUT2D eigenvalue weighted by molar-refractivity contribution is 7.14. The minimum atomic E-state index is -0.121. The number of benzene rings is 1. The molecule has 3 heterocycles. The molecule has 0 radical (unpaired) electrons. The largest absolute Gasteiger partial charge is 0.347 e. The summed E-state index contributed by atoms with van der Waals surface area (Å²) in [7, 11) is 0. The lowest BCUT2D eigenvalue weighted by molar-refractivity contribution is 0.0946. The van der Waals surface area contributed by atoms with Crippen molar-refractivity contribution in [3.05, 3.63) is 63.3 Å². The summed E-state index contributed by atoms with van der Waals surface area (Å²) in [6.07, 6.45) is 2.63. The Bertz CT molecular complexity index is 850. The molecule has 4 rings (SSSR count). The number of hydrogen-bond acceptors (Lipinski definition) is 5. The van der Waals surface area contributed by atoms with Gasteiger partial charge in [0.1, 0.15) is 10.7 Å². The van der Waals surface area contributed by atoms with Gasteiger partial charge in [-0.1, -0.05) is 24.3 Å². The van der Waals surface area contributed by atoms with E-state index in [1.165, 1.54) is 42.8 Å². The van der Waals surface area contributed by atoms with Crippen LogP contribution in [0.1, 0.15) is 34.5 Å². The van der Waals surface area contributed by atoms with Gasteiger partial charge in [-0.3, -0.25) is 9.69 Å². The van der Waals surface area contributed by atoms with E-state index in [1.807, 2.05) is 22.2 Å². The fourth-order valence-corrected chi connectivity index (χ4v) is 4.64. The van der Waals surface area contributed by atoms with Crippen molar-refractivity contribution in [3.8, 4) is 10.6 Å². The molecule has 0 unspecified atom stereocenters. The van der Waals surface area contributed by atoms with Crippen LogP contribution in [-0.4, -0.2) is 28.9 Å². The molecule has 1 aliphatic rings. The number of likely N-dealkylation sites (tertiary alicyclic amines) is 1. The van der Waals surface area contributed by atoms with Crippen LogP contribution in [0.5, 0.6) is 0 Å². The van der Waals surface area contributed by atoms with E-state index in [1.54, 1.807) is 11.3 Å². The summed E-state index contributed by atoms with van der Waals surface area (Å²) < 4.78 is 0. The second-order valence-electron chi connectivity index (χ2n) is 6.53. The zero-order valence-electron chi connectivity index (χ0n) is 14.5. The van der Waals surface area contributed by atoms with Crippen molar-refractivity contribution < 1.29 is 4.79 Å². The molecular formula is C20H21N3OS2. The molecule has 1 fully saturated rings. The van der Waals surface area contributed by atoms with Gasteiger partial charge >= 0.3 is 0 Å². The third-order valence-corrected chi connectivity index (χ3v) is 6.16. The Labute approximate surface area is 161 Å². The Morgan fingerprint density at radius 3 is 2.58 bits per heavy atom. The van der Waals surface area contributed by atoms with Gasteiger partial charge in [0.2, 0.25) is 0 Å². The Morgan fingerprint density at radius 1 is 1.08 bits per heavy atom. The first-order valence-electron chi connectivity index (χ1n) is 8.84. The zero-order chi connectivity index (χ0) is 17.8. The fourth-order valence-electron chi connectivity index (χ4n) is 3.13. The fraction of sp³-hybridized carbons (Fsp3) is 0.300. The van der Waals surface area contributed by atoms with E-state index < -0.39 is 0 Å². The van der Waals surface area contributed by atoms with Crippen molar-refractivity contribution in [2.24, 2.45) is 0 Å². The average Bonchev–Trinajstić information content (AvgIpc) is 3.42. The smallest absolute Gasteiger partial charge is 0.271 e. The molecule has 134 valence electrons. The number of aromatic nitrogens is 1. The van der Waals surface area contributed by atoms with Crippen LogP contribution < -0.4 is 5.32 Å². The SMILES string of the molecule is O=C(NCc1ccc(CN2CCCC2)cc1)c1csc(-c2ccsc2)n1. The minimum absolute atomic E-state index is 0.121. The monoisotopic (exact) mass is 383 g/mol. The van der Waals surface area contributed by atoms with Crippen LogP contribution in [0.25, 0.3) is 10.6 Å². The van der Waals surface area contributed by atoms with Gasteiger partial charge in [0, 0.05) is 29.4 Å². The molecule has 6 heteroatoms. The summed E-state index contributed by atoms with van der Waals surface area (Å²) in [5.41, 5.74) is 4.01. The maximum absolute atomic E-state index is 12.3. The number of carbonyl (C=O) groups is 1. The molecule has 0 aliphatic carbocycles. The lowest BCUT2D eigenvalue weighted by Gasteiger charge is -2.14. The molecular weight excluding hydrogens is 362 g/mol. The van der Waals surface area contributed by atoms with Crippen LogP contribution in [-0.2, 0) is 13.1 Å². The van der Waals surface area contributed by atoms with E-state index in [0.717, 1.165) is 22.7 Å². The second-order valence-corrected chi connectivity index (χ2v) is 8.17. The molecule has 1 aromatic carbocycles. The Morgan fingerprint density at radius 2 is 1.85 bits per heavy atom. The van der Waals surface area contributed by atoms with E-state index in [0.29, 0.717) is 12.2 Å². The van der Waals surface area contributed by atoms with Gasteiger partial charge in [-0.15, -0.1) is 11.3 Å². The third-order valence-electron chi connectivity index (χ3n) is 4.59. The predicted octanol–water partition coefficient (Wildman–Crippen LogP) is 4.40. The predicted molar refractivity (Wildman–Crippen MR) is 108 cm³/mol. The van der Waals surface area contributed by atoms with Crippen LogP contribution in [0, 0.1) is 0 Å². The molecule has 0 atom stereocenters. The number of nitrogens with one attached hydrogen (secondary N) is 1. The van der Waals surface area contributed by atoms with E-state index in [2.05, 4.69) is 39.5 Å². The zero-order valence-corrected chi connectivity index (χ0v) is 16.1. The molecule has 0 saturated carbocycles. The molecule has 0 spiro atoms. The number of amides is 1. The lowest BCUT2D eigenvalue weighted by Crippen LogP contribution is -2.23. The highest BCUT2D eigenvalue weighted by Gasteiger charge is 2.13. The first-order valence-corrected chi connectivity index (χ1v) is 10.7. The Balaban J connectivity index is 1.31. The topological polar surface area (TPSA) is 45.2 Å². The van der Waals surface area contributed by atoms with Gasteiger partial charge in [0.05, 0.1) is 0 Å². The second kappa shape index (κ2) is 8.12. The van der Waals surface area contributed by atoms with Gasteiger partial charge in [-0.2, -0.15) is 11.3 Å². The van der Waals surface area contributed by atoms with Crippen LogP contribution in [0.2, 0.25) is 0 Å². The number of carbonyl (C=O) groups excluding carboxylic acids is 1. The number of nitrogens with zero attached hydrogens (tertiary/aromatic N) is 2. The van der Waals surface area contributed by atoms with Crippen LogP contribution >= 0.6 is 22.7 Å². The molecule has 1 saturated heterocycles. The molecule has 1 aliphatic heterocycles. The highest BCUT2D eigenvalue weighted by Crippen LogP contribution is 2.25. The van der Waals surface area contributed by atoms with E-state index in [4.69, 9.17) is 0 Å². The van der Waals surface area contributed by atoms with Crippen molar-refractivity contribution in [1.82, 2.24) is 15.2 Å². The van der Waals surface area contributed by atoms with Crippen LogP contribution in [0.4, 0.5) is 0 Å².